The highest BCUT2D eigenvalue weighted by molar-refractivity contribution is 6.04. The maximum Gasteiger partial charge on any atom is 0.255 e. The van der Waals surface area contributed by atoms with Crippen molar-refractivity contribution in [2.75, 3.05) is 37.0 Å². The van der Waals surface area contributed by atoms with Gasteiger partial charge >= 0.3 is 0 Å². The van der Waals surface area contributed by atoms with Crippen molar-refractivity contribution in [2.45, 2.75) is 19.8 Å². The molecule has 0 saturated carbocycles. The summed E-state index contributed by atoms with van der Waals surface area (Å²) in [5.74, 6) is -0.0714. The highest BCUT2D eigenvalue weighted by Crippen LogP contribution is 2.30. The van der Waals surface area contributed by atoms with Crippen LogP contribution >= 0.6 is 0 Å². The first kappa shape index (κ1) is 16.5. The molecule has 0 aromatic heterocycles. The number of ether oxygens (including phenoxy) is 1. The lowest BCUT2D eigenvalue weighted by atomic mass is 10.0. The minimum atomic E-state index is -0.0714. The number of methoxy groups -OCH3 is 1. The molecule has 0 fully saturated rings. The Morgan fingerprint density at radius 2 is 2.12 bits per heavy atom. The molecule has 3 rings (SSSR count). The molecular formula is C20H24N2O2. The van der Waals surface area contributed by atoms with Crippen molar-refractivity contribution in [1.29, 1.82) is 0 Å². The van der Waals surface area contributed by atoms with Crippen LogP contribution in [0.5, 0.6) is 0 Å². The summed E-state index contributed by atoms with van der Waals surface area (Å²) in [7, 11) is 1.73. The second-order valence-electron chi connectivity index (χ2n) is 6.25. The van der Waals surface area contributed by atoms with E-state index in [1.54, 1.807) is 7.11 Å². The Hall–Kier alpha value is -2.33. The molecular weight excluding hydrogens is 300 g/mol. The molecule has 0 saturated heterocycles. The zero-order chi connectivity index (χ0) is 16.9. The highest BCUT2D eigenvalue weighted by Gasteiger charge is 2.17. The van der Waals surface area contributed by atoms with Gasteiger partial charge in [0, 0.05) is 37.1 Å². The van der Waals surface area contributed by atoms with Gasteiger partial charge in [-0.2, -0.15) is 0 Å². The Morgan fingerprint density at radius 1 is 1.25 bits per heavy atom. The molecule has 2 aromatic carbocycles. The number of benzene rings is 2. The van der Waals surface area contributed by atoms with Crippen molar-refractivity contribution in [2.24, 2.45) is 0 Å². The quantitative estimate of drug-likeness (QED) is 0.913. The minimum Gasteiger partial charge on any atom is -0.383 e. The van der Waals surface area contributed by atoms with Crippen molar-refractivity contribution in [1.82, 2.24) is 0 Å². The summed E-state index contributed by atoms with van der Waals surface area (Å²) in [6.07, 6.45) is 2.25. The van der Waals surface area contributed by atoms with Gasteiger partial charge in [0.2, 0.25) is 0 Å². The van der Waals surface area contributed by atoms with Gasteiger partial charge in [-0.3, -0.25) is 4.79 Å². The van der Waals surface area contributed by atoms with Crippen molar-refractivity contribution < 1.29 is 9.53 Å². The molecule has 4 heteroatoms. The Balaban J connectivity index is 1.78. The summed E-state index contributed by atoms with van der Waals surface area (Å²) in [5.41, 5.74) is 5.15. The molecule has 0 bridgehead atoms. The Morgan fingerprint density at radius 3 is 2.92 bits per heavy atom. The predicted octanol–water partition coefficient (Wildman–Crippen LogP) is 3.65. The molecule has 0 unspecified atom stereocenters. The van der Waals surface area contributed by atoms with Crippen LogP contribution in [-0.2, 0) is 11.2 Å². The Labute approximate surface area is 143 Å². The van der Waals surface area contributed by atoms with Crippen LogP contribution in [-0.4, -0.2) is 32.7 Å². The molecule has 1 N–H and O–H groups in total. The summed E-state index contributed by atoms with van der Waals surface area (Å²) >= 11 is 0. The SMILES string of the molecule is COCCN1CCCc2ccc(NC(=O)c3cccc(C)c3)cc21. The third-order valence-electron chi connectivity index (χ3n) is 4.40. The monoisotopic (exact) mass is 324 g/mol. The van der Waals surface area contributed by atoms with Gasteiger partial charge in [-0.05, 0) is 49.6 Å². The number of nitrogens with zero attached hydrogens (tertiary/aromatic N) is 1. The van der Waals surface area contributed by atoms with E-state index in [9.17, 15) is 4.79 Å². The van der Waals surface area contributed by atoms with Gasteiger partial charge in [0.25, 0.3) is 5.91 Å². The molecule has 1 amide bonds. The van der Waals surface area contributed by atoms with Gasteiger partial charge in [-0.1, -0.05) is 23.8 Å². The number of carbonyl (C=O) groups excluding carboxylic acids is 1. The van der Waals surface area contributed by atoms with E-state index in [0.29, 0.717) is 12.2 Å². The molecule has 2 aromatic rings. The lowest BCUT2D eigenvalue weighted by Gasteiger charge is -2.31. The van der Waals surface area contributed by atoms with Crippen LogP contribution in [0.2, 0.25) is 0 Å². The standard InChI is InChI=1S/C20H24N2O2/c1-15-5-3-6-17(13-15)20(23)21-18-9-8-16-7-4-10-22(11-12-24-2)19(16)14-18/h3,5-6,8-9,13-14H,4,7,10-12H2,1-2H3,(H,21,23). The van der Waals surface area contributed by atoms with Crippen LogP contribution in [0, 0.1) is 6.92 Å². The molecule has 0 atom stereocenters. The van der Waals surface area contributed by atoms with E-state index < -0.39 is 0 Å². The van der Waals surface area contributed by atoms with Crippen LogP contribution in [0.25, 0.3) is 0 Å². The third kappa shape index (κ3) is 3.77. The zero-order valence-corrected chi connectivity index (χ0v) is 14.3. The van der Waals surface area contributed by atoms with E-state index >= 15 is 0 Å². The second kappa shape index (κ2) is 7.49. The van der Waals surface area contributed by atoms with Crippen LogP contribution in [0.4, 0.5) is 11.4 Å². The number of hydrogen-bond acceptors (Lipinski definition) is 3. The number of aryl methyl sites for hydroxylation is 2. The first-order valence-electron chi connectivity index (χ1n) is 8.42. The van der Waals surface area contributed by atoms with E-state index in [-0.39, 0.29) is 5.91 Å². The molecule has 0 spiro atoms. The molecule has 1 heterocycles. The van der Waals surface area contributed by atoms with Crippen molar-refractivity contribution in [3.63, 3.8) is 0 Å². The average molecular weight is 324 g/mol. The number of rotatable bonds is 5. The van der Waals surface area contributed by atoms with Gasteiger partial charge in [-0.15, -0.1) is 0 Å². The topological polar surface area (TPSA) is 41.6 Å². The summed E-state index contributed by atoms with van der Waals surface area (Å²) in [6.45, 7) is 4.60. The van der Waals surface area contributed by atoms with Gasteiger partial charge < -0.3 is 15.0 Å². The molecule has 24 heavy (non-hydrogen) atoms. The fraction of sp³-hybridized carbons (Fsp3) is 0.350. The van der Waals surface area contributed by atoms with E-state index in [0.717, 1.165) is 37.2 Å². The van der Waals surface area contributed by atoms with Crippen LogP contribution in [0.3, 0.4) is 0 Å². The summed E-state index contributed by atoms with van der Waals surface area (Å²) < 4.78 is 5.21. The molecule has 0 radical (unpaired) electrons. The van der Waals surface area contributed by atoms with E-state index in [1.807, 2.05) is 37.3 Å². The van der Waals surface area contributed by atoms with Gasteiger partial charge in [0.15, 0.2) is 0 Å². The number of fused-ring (bicyclic) bond motifs is 1. The first-order chi connectivity index (χ1) is 11.7. The van der Waals surface area contributed by atoms with Crippen LogP contribution in [0.15, 0.2) is 42.5 Å². The lowest BCUT2D eigenvalue weighted by Crippen LogP contribution is -2.32. The van der Waals surface area contributed by atoms with Crippen molar-refractivity contribution in [3.8, 4) is 0 Å². The molecule has 1 aliphatic heterocycles. The number of amides is 1. The molecule has 126 valence electrons. The maximum atomic E-state index is 12.4. The largest absolute Gasteiger partial charge is 0.383 e. The lowest BCUT2D eigenvalue weighted by molar-refractivity contribution is 0.102. The first-order valence-corrected chi connectivity index (χ1v) is 8.42. The summed E-state index contributed by atoms with van der Waals surface area (Å²) in [5, 5.41) is 3.02. The van der Waals surface area contributed by atoms with Crippen LogP contribution < -0.4 is 10.2 Å². The number of carbonyl (C=O) groups is 1. The summed E-state index contributed by atoms with van der Waals surface area (Å²) in [4.78, 5) is 14.8. The molecule has 4 nitrogen and oxygen atoms in total. The normalized spacial score (nSPS) is 13.5. The Kier molecular flexibility index (Phi) is 5.16. The molecule has 0 aliphatic carbocycles. The maximum absolute atomic E-state index is 12.4. The smallest absolute Gasteiger partial charge is 0.255 e. The van der Waals surface area contributed by atoms with Crippen molar-refractivity contribution >= 4 is 17.3 Å². The van der Waals surface area contributed by atoms with Gasteiger partial charge in [-0.25, -0.2) is 0 Å². The fourth-order valence-electron chi connectivity index (χ4n) is 3.15. The second-order valence-corrected chi connectivity index (χ2v) is 6.25. The van der Waals surface area contributed by atoms with E-state index in [2.05, 4.69) is 22.3 Å². The number of hydrogen-bond donors (Lipinski definition) is 1. The Bertz CT molecular complexity index is 727. The fourth-order valence-corrected chi connectivity index (χ4v) is 3.15. The number of anilines is 2. The van der Waals surface area contributed by atoms with Gasteiger partial charge in [0.1, 0.15) is 0 Å². The predicted molar refractivity (Wildman–Crippen MR) is 98.0 cm³/mol. The van der Waals surface area contributed by atoms with Crippen molar-refractivity contribution in [3.05, 3.63) is 59.2 Å². The average Bonchev–Trinajstić information content (AvgIpc) is 2.60. The molecule has 1 aliphatic rings. The van der Waals surface area contributed by atoms with E-state index in [4.69, 9.17) is 4.74 Å². The summed E-state index contributed by atoms with van der Waals surface area (Å²) in [6, 6.07) is 13.8. The zero-order valence-electron chi connectivity index (χ0n) is 14.3. The third-order valence-corrected chi connectivity index (χ3v) is 4.40. The highest BCUT2D eigenvalue weighted by atomic mass is 16.5. The van der Waals surface area contributed by atoms with E-state index in [1.165, 1.54) is 11.3 Å². The van der Waals surface area contributed by atoms with Gasteiger partial charge in [0.05, 0.1) is 6.61 Å². The van der Waals surface area contributed by atoms with Crippen LogP contribution in [0.1, 0.15) is 27.9 Å². The minimum absolute atomic E-state index is 0.0714. The number of nitrogens with one attached hydrogen (secondary N) is 1.